The molecule has 0 bridgehead atoms. The standard InChI is InChI=1S/C13H21N5O/c1-8(2)10-11(14)16-7-17-13(10)18-5-3-4-9(6-18)12(15)19/h7-9H,3-6H2,1-2H3,(H2,15,19)(H2,14,16,17). The van der Waals surface area contributed by atoms with Crippen molar-refractivity contribution in [3.8, 4) is 0 Å². The van der Waals surface area contributed by atoms with E-state index in [-0.39, 0.29) is 17.7 Å². The van der Waals surface area contributed by atoms with Gasteiger partial charge in [0.15, 0.2) is 0 Å². The summed E-state index contributed by atoms with van der Waals surface area (Å²) in [6, 6.07) is 0. The Kier molecular flexibility index (Phi) is 3.87. The lowest BCUT2D eigenvalue weighted by atomic mass is 9.96. The number of nitrogens with zero attached hydrogens (tertiary/aromatic N) is 3. The molecule has 1 amide bonds. The van der Waals surface area contributed by atoms with Gasteiger partial charge < -0.3 is 16.4 Å². The van der Waals surface area contributed by atoms with Crippen LogP contribution in [0.4, 0.5) is 11.6 Å². The van der Waals surface area contributed by atoms with Crippen molar-refractivity contribution < 1.29 is 4.79 Å². The molecule has 1 aromatic heterocycles. The van der Waals surface area contributed by atoms with Crippen LogP contribution >= 0.6 is 0 Å². The largest absolute Gasteiger partial charge is 0.383 e. The number of hydrogen-bond acceptors (Lipinski definition) is 5. The zero-order valence-electron chi connectivity index (χ0n) is 11.5. The lowest BCUT2D eigenvalue weighted by Gasteiger charge is -2.33. The summed E-state index contributed by atoms with van der Waals surface area (Å²) in [7, 11) is 0. The number of carbonyl (C=O) groups is 1. The molecule has 1 aromatic rings. The number of piperidine rings is 1. The number of aromatic nitrogens is 2. The number of carbonyl (C=O) groups excluding carboxylic acids is 1. The number of hydrogen-bond donors (Lipinski definition) is 2. The highest BCUT2D eigenvalue weighted by atomic mass is 16.1. The van der Waals surface area contributed by atoms with Crippen molar-refractivity contribution in [3.05, 3.63) is 11.9 Å². The maximum Gasteiger partial charge on any atom is 0.222 e. The molecule has 19 heavy (non-hydrogen) atoms. The molecule has 0 aromatic carbocycles. The van der Waals surface area contributed by atoms with Crippen LogP contribution in [0.25, 0.3) is 0 Å². The molecule has 104 valence electrons. The van der Waals surface area contributed by atoms with Crippen LogP contribution in [-0.4, -0.2) is 29.0 Å². The molecule has 0 spiro atoms. The van der Waals surface area contributed by atoms with Crippen LogP contribution in [0.1, 0.15) is 38.2 Å². The zero-order chi connectivity index (χ0) is 14.0. The minimum atomic E-state index is -0.238. The summed E-state index contributed by atoms with van der Waals surface area (Å²) in [5.41, 5.74) is 12.3. The fraction of sp³-hybridized carbons (Fsp3) is 0.615. The van der Waals surface area contributed by atoms with Gasteiger partial charge in [-0.3, -0.25) is 4.79 Å². The van der Waals surface area contributed by atoms with Crippen molar-refractivity contribution in [3.63, 3.8) is 0 Å². The Hall–Kier alpha value is -1.85. The van der Waals surface area contributed by atoms with Gasteiger partial charge in [0, 0.05) is 18.7 Å². The van der Waals surface area contributed by atoms with E-state index in [1.54, 1.807) is 0 Å². The third-order valence-electron chi connectivity index (χ3n) is 3.59. The summed E-state index contributed by atoms with van der Waals surface area (Å²) in [5, 5.41) is 0. The smallest absolute Gasteiger partial charge is 0.222 e. The van der Waals surface area contributed by atoms with Crippen molar-refractivity contribution in [2.45, 2.75) is 32.6 Å². The van der Waals surface area contributed by atoms with E-state index in [1.165, 1.54) is 6.33 Å². The minimum Gasteiger partial charge on any atom is -0.383 e. The Labute approximate surface area is 113 Å². The Bertz CT molecular complexity index is 474. The molecule has 6 heteroatoms. The van der Waals surface area contributed by atoms with Crippen LogP contribution < -0.4 is 16.4 Å². The van der Waals surface area contributed by atoms with Crippen molar-refractivity contribution in [1.82, 2.24) is 9.97 Å². The van der Waals surface area contributed by atoms with Crippen LogP contribution in [0, 0.1) is 5.92 Å². The maximum absolute atomic E-state index is 11.4. The fourth-order valence-corrected chi connectivity index (χ4v) is 2.61. The van der Waals surface area contributed by atoms with Gasteiger partial charge in [-0.15, -0.1) is 0 Å². The van der Waals surface area contributed by atoms with Gasteiger partial charge in [0.1, 0.15) is 18.0 Å². The zero-order valence-corrected chi connectivity index (χ0v) is 11.5. The van der Waals surface area contributed by atoms with E-state index in [0.717, 1.165) is 30.8 Å². The number of anilines is 2. The second-order valence-electron chi connectivity index (χ2n) is 5.34. The molecule has 1 saturated heterocycles. The first-order chi connectivity index (χ1) is 9.00. The van der Waals surface area contributed by atoms with Gasteiger partial charge in [-0.2, -0.15) is 0 Å². The number of amides is 1. The maximum atomic E-state index is 11.4. The third-order valence-corrected chi connectivity index (χ3v) is 3.59. The number of rotatable bonds is 3. The molecule has 1 fully saturated rings. The third kappa shape index (κ3) is 2.77. The highest BCUT2D eigenvalue weighted by molar-refractivity contribution is 5.77. The first-order valence-electron chi connectivity index (χ1n) is 6.65. The molecule has 2 rings (SSSR count). The topological polar surface area (TPSA) is 98.1 Å². The molecule has 0 aliphatic carbocycles. The molecule has 0 saturated carbocycles. The Balaban J connectivity index is 2.31. The molecule has 6 nitrogen and oxygen atoms in total. The number of nitrogen functional groups attached to an aromatic ring is 1. The van der Waals surface area contributed by atoms with E-state index in [0.29, 0.717) is 12.4 Å². The predicted octanol–water partition coefficient (Wildman–Crippen LogP) is 0.884. The van der Waals surface area contributed by atoms with Crippen LogP contribution in [0.3, 0.4) is 0 Å². The van der Waals surface area contributed by atoms with E-state index >= 15 is 0 Å². The van der Waals surface area contributed by atoms with E-state index in [1.807, 2.05) is 0 Å². The molecular weight excluding hydrogens is 242 g/mol. The fourth-order valence-electron chi connectivity index (χ4n) is 2.61. The molecule has 1 atom stereocenters. The summed E-state index contributed by atoms with van der Waals surface area (Å²) in [5.74, 6) is 1.25. The second-order valence-corrected chi connectivity index (χ2v) is 5.34. The van der Waals surface area contributed by atoms with Crippen molar-refractivity contribution in [1.29, 1.82) is 0 Å². The van der Waals surface area contributed by atoms with Crippen LogP contribution in [0.5, 0.6) is 0 Å². The van der Waals surface area contributed by atoms with Gasteiger partial charge >= 0.3 is 0 Å². The molecular formula is C13H21N5O. The molecule has 1 aliphatic rings. The van der Waals surface area contributed by atoms with Gasteiger partial charge in [-0.25, -0.2) is 9.97 Å². The summed E-state index contributed by atoms with van der Waals surface area (Å²) in [6.07, 6.45) is 3.27. The van der Waals surface area contributed by atoms with Crippen LogP contribution in [-0.2, 0) is 4.79 Å². The molecule has 2 heterocycles. The molecule has 1 aliphatic heterocycles. The molecule has 4 N–H and O–H groups in total. The Morgan fingerprint density at radius 1 is 1.47 bits per heavy atom. The van der Waals surface area contributed by atoms with Crippen molar-refractivity contribution in [2.24, 2.45) is 11.7 Å². The second kappa shape index (κ2) is 5.42. The summed E-state index contributed by atoms with van der Waals surface area (Å²) < 4.78 is 0. The average molecular weight is 263 g/mol. The van der Waals surface area contributed by atoms with Gasteiger partial charge in [0.2, 0.25) is 5.91 Å². The average Bonchev–Trinajstić information content (AvgIpc) is 2.38. The first kappa shape index (κ1) is 13.6. The summed E-state index contributed by atoms with van der Waals surface area (Å²) in [4.78, 5) is 21.9. The Morgan fingerprint density at radius 3 is 2.84 bits per heavy atom. The van der Waals surface area contributed by atoms with E-state index in [4.69, 9.17) is 11.5 Å². The highest BCUT2D eigenvalue weighted by Crippen LogP contribution is 2.31. The SMILES string of the molecule is CC(C)c1c(N)ncnc1N1CCCC(C(N)=O)C1. The van der Waals surface area contributed by atoms with Crippen molar-refractivity contribution >= 4 is 17.5 Å². The van der Waals surface area contributed by atoms with E-state index < -0.39 is 0 Å². The van der Waals surface area contributed by atoms with E-state index in [9.17, 15) is 4.79 Å². The van der Waals surface area contributed by atoms with Gasteiger partial charge in [0.05, 0.1) is 5.92 Å². The molecule has 1 unspecified atom stereocenters. The monoisotopic (exact) mass is 263 g/mol. The predicted molar refractivity (Wildman–Crippen MR) is 74.7 cm³/mol. The van der Waals surface area contributed by atoms with Gasteiger partial charge in [-0.1, -0.05) is 13.8 Å². The van der Waals surface area contributed by atoms with Crippen LogP contribution in [0.2, 0.25) is 0 Å². The number of primary amides is 1. The van der Waals surface area contributed by atoms with Gasteiger partial charge in [0.25, 0.3) is 0 Å². The molecule has 0 radical (unpaired) electrons. The van der Waals surface area contributed by atoms with Crippen LogP contribution in [0.15, 0.2) is 6.33 Å². The summed E-state index contributed by atoms with van der Waals surface area (Å²) >= 11 is 0. The van der Waals surface area contributed by atoms with Crippen molar-refractivity contribution in [2.75, 3.05) is 23.7 Å². The minimum absolute atomic E-state index is 0.107. The lowest BCUT2D eigenvalue weighted by Crippen LogP contribution is -2.42. The van der Waals surface area contributed by atoms with Gasteiger partial charge in [-0.05, 0) is 18.8 Å². The Morgan fingerprint density at radius 2 is 2.21 bits per heavy atom. The van der Waals surface area contributed by atoms with E-state index in [2.05, 4.69) is 28.7 Å². The summed E-state index contributed by atoms with van der Waals surface area (Å²) in [6.45, 7) is 5.62. The number of nitrogens with two attached hydrogens (primary N) is 2. The highest BCUT2D eigenvalue weighted by Gasteiger charge is 2.27. The lowest BCUT2D eigenvalue weighted by molar-refractivity contribution is -0.122. The first-order valence-corrected chi connectivity index (χ1v) is 6.65. The normalized spacial score (nSPS) is 19.7. The quantitative estimate of drug-likeness (QED) is 0.843.